The molecule has 2 aromatic carbocycles. The summed E-state index contributed by atoms with van der Waals surface area (Å²) in [6, 6.07) is 16.5. The van der Waals surface area contributed by atoms with Crippen molar-refractivity contribution in [3.05, 3.63) is 59.7 Å². The second-order valence-electron chi connectivity index (χ2n) is 8.59. The molecule has 1 aliphatic carbocycles. The molecule has 2 aliphatic rings. The van der Waals surface area contributed by atoms with Crippen LogP contribution in [-0.2, 0) is 4.79 Å². The molecule has 31 heavy (non-hydrogen) atoms. The zero-order chi connectivity index (χ0) is 22.1. The third kappa shape index (κ3) is 3.60. The lowest BCUT2D eigenvalue weighted by Gasteiger charge is -2.53. The fourth-order valence-corrected chi connectivity index (χ4v) is 4.65. The van der Waals surface area contributed by atoms with Gasteiger partial charge in [-0.25, -0.2) is 0 Å². The van der Waals surface area contributed by atoms with Crippen molar-refractivity contribution in [2.75, 3.05) is 20.7 Å². The molecule has 1 saturated carbocycles. The summed E-state index contributed by atoms with van der Waals surface area (Å²) in [5.74, 6) is -0.327. The molecule has 1 saturated heterocycles. The molecule has 0 radical (unpaired) electrons. The molecular weight excluding hydrogens is 390 g/mol. The van der Waals surface area contributed by atoms with Gasteiger partial charge in [0.25, 0.3) is 5.91 Å². The second-order valence-corrected chi connectivity index (χ2v) is 8.59. The molecule has 0 aromatic heterocycles. The van der Waals surface area contributed by atoms with Crippen LogP contribution in [0.3, 0.4) is 0 Å². The maximum Gasteiger partial charge on any atom is 0.253 e. The summed E-state index contributed by atoms with van der Waals surface area (Å²) in [6.45, 7) is -0.175. The summed E-state index contributed by atoms with van der Waals surface area (Å²) in [7, 11) is 3.44. The standard InChI is InChI=1S/C25H27N3O3/c1-27(2)24(30)18-12-10-16(11-13-18)19-8-3-4-9-20(19)23-21(14-26)28(22(23)15-29)25(31)17-6-5-7-17/h3-4,8-13,17,21-23,29H,5-7,15H2,1-2H3/t21-,22+,23-/m0/s1. The van der Waals surface area contributed by atoms with Gasteiger partial charge in [-0.1, -0.05) is 42.8 Å². The van der Waals surface area contributed by atoms with Gasteiger partial charge in [0, 0.05) is 31.5 Å². The molecule has 0 unspecified atom stereocenters. The summed E-state index contributed by atoms with van der Waals surface area (Å²) in [6.07, 6.45) is 2.78. The molecule has 0 bridgehead atoms. The number of likely N-dealkylation sites (tertiary alicyclic amines) is 1. The van der Waals surface area contributed by atoms with Gasteiger partial charge in [-0.15, -0.1) is 0 Å². The predicted molar refractivity (Wildman–Crippen MR) is 117 cm³/mol. The lowest BCUT2D eigenvalue weighted by Crippen LogP contribution is -2.66. The Bertz CT molecular complexity index is 1020. The van der Waals surface area contributed by atoms with Crippen LogP contribution in [0.1, 0.15) is 41.1 Å². The van der Waals surface area contributed by atoms with E-state index < -0.39 is 12.1 Å². The van der Waals surface area contributed by atoms with E-state index in [0.29, 0.717) is 5.56 Å². The maximum atomic E-state index is 12.9. The van der Waals surface area contributed by atoms with Gasteiger partial charge in [-0.2, -0.15) is 5.26 Å². The first kappa shape index (κ1) is 21.1. The summed E-state index contributed by atoms with van der Waals surface area (Å²) in [4.78, 5) is 28.2. The Morgan fingerprint density at radius 1 is 1.13 bits per heavy atom. The zero-order valence-corrected chi connectivity index (χ0v) is 17.9. The number of hydrogen-bond donors (Lipinski definition) is 1. The minimum Gasteiger partial charge on any atom is -0.394 e. The van der Waals surface area contributed by atoms with Crippen molar-refractivity contribution >= 4 is 11.8 Å². The number of carbonyl (C=O) groups excluding carboxylic acids is 2. The van der Waals surface area contributed by atoms with Gasteiger partial charge in [0.1, 0.15) is 6.04 Å². The Kier molecular flexibility index (Phi) is 5.79. The SMILES string of the molecule is CN(C)C(=O)c1ccc(-c2ccccc2[C@@H]2[C@@H](CO)N(C(=O)C3CCC3)[C@H]2C#N)cc1. The highest BCUT2D eigenvalue weighted by Crippen LogP contribution is 2.46. The van der Waals surface area contributed by atoms with Crippen molar-refractivity contribution in [1.29, 1.82) is 5.26 Å². The normalized spacial score (nSPS) is 22.8. The first-order valence-corrected chi connectivity index (χ1v) is 10.7. The molecule has 6 nitrogen and oxygen atoms in total. The number of benzene rings is 2. The Labute approximate surface area is 182 Å². The number of rotatable bonds is 5. The molecule has 3 atom stereocenters. The van der Waals surface area contributed by atoms with Gasteiger partial charge >= 0.3 is 0 Å². The third-order valence-corrected chi connectivity index (χ3v) is 6.61. The van der Waals surface area contributed by atoms with E-state index in [9.17, 15) is 20.0 Å². The zero-order valence-electron chi connectivity index (χ0n) is 17.9. The molecule has 1 aliphatic heterocycles. The van der Waals surface area contributed by atoms with E-state index in [1.54, 1.807) is 31.1 Å². The minimum atomic E-state index is -0.582. The summed E-state index contributed by atoms with van der Waals surface area (Å²) in [5, 5.41) is 20.0. The number of aliphatic hydroxyl groups excluding tert-OH is 1. The minimum absolute atomic E-state index is 0.00266. The average molecular weight is 418 g/mol. The van der Waals surface area contributed by atoms with E-state index in [-0.39, 0.29) is 30.3 Å². The highest BCUT2D eigenvalue weighted by molar-refractivity contribution is 5.94. The lowest BCUT2D eigenvalue weighted by molar-refractivity contribution is -0.154. The van der Waals surface area contributed by atoms with Crippen molar-refractivity contribution in [3.63, 3.8) is 0 Å². The van der Waals surface area contributed by atoms with E-state index >= 15 is 0 Å². The van der Waals surface area contributed by atoms with Crippen molar-refractivity contribution in [2.45, 2.75) is 37.3 Å². The van der Waals surface area contributed by atoms with Crippen LogP contribution in [0.4, 0.5) is 0 Å². The fourth-order valence-electron chi connectivity index (χ4n) is 4.65. The predicted octanol–water partition coefficient (Wildman–Crippen LogP) is 3.03. The summed E-state index contributed by atoms with van der Waals surface area (Å²) >= 11 is 0. The molecule has 160 valence electrons. The molecule has 2 amide bonds. The lowest BCUT2D eigenvalue weighted by atomic mass is 9.71. The monoisotopic (exact) mass is 417 g/mol. The smallest absolute Gasteiger partial charge is 0.253 e. The van der Waals surface area contributed by atoms with Crippen molar-refractivity contribution in [2.24, 2.45) is 5.92 Å². The number of aliphatic hydroxyl groups is 1. The Balaban J connectivity index is 1.66. The molecule has 1 heterocycles. The van der Waals surface area contributed by atoms with Crippen molar-refractivity contribution in [1.82, 2.24) is 9.80 Å². The average Bonchev–Trinajstić information content (AvgIpc) is 2.72. The topological polar surface area (TPSA) is 84.6 Å². The van der Waals surface area contributed by atoms with Crippen LogP contribution in [0.5, 0.6) is 0 Å². The van der Waals surface area contributed by atoms with Gasteiger partial charge in [0.05, 0.1) is 18.7 Å². The van der Waals surface area contributed by atoms with Crippen LogP contribution in [0.2, 0.25) is 0 Å². The van der Waals surface area contributed by atoms with Crippen LogP contribution < -0.4 is 0 Å². The fraction of sp³-hybridized carbons (Fsp3) is 0.400. The molecule has 6 heteroatoms. The van der Waals surface area contributed by atoms with Crippen LogP contribution >= 0.6 is 0 Å². The molecule has 1 N–H and O–H groups in total. The van der Waals surface area contributed by atoms with Crippen LogP contribution in [0.25, 0.3) is 11.1 Å². The highest BCUT2D eigenvalue weighted by Gasteiger charge is 2.53. The first-order chi connectivity index (χ1) is 15.0. The number of hydrogen-bond acceptors (Lipinski definition) is 4. The van der Waals surface area contributed by atoms with E-state index in [1.807, 2.05) is 36.4 Å². The van der Waals surface area contributed by atoms with Crippen LogP contribution in [0.15, 0.2) is 48.5 Å². The van der Waals surface area contributed by atoms with E-state index in [1.165, 1.54) is 4.90 Å². The largest absolute Gasteiger partial charge is 0.394 e. The van der Waals surface area contributed by atoms with Crippen LogP contribution in [0, 0.1) is 17.2 Å². The van der Waals surface area contributed by atoms with E-state index in [4.69, 9.17) is 0 Å². The number of amides is 2. The summed E-state index contributed by atoms with van der Waals surface area (Å²) < 4.78 is 0. The highest BCUT2D eigenvalue weighted by atomic mass is 16.3. The van der Waals surface area contributed by atoms with Gasteiger partial charge in [-0.05, 0) is 41.7 Å². The quantitative estimate of drug-likeness (QED) is 0.810. The van der Waals surface area contributed by atoms with Gasteiger partial charge < -0.3 is 14.9 Å². The Hall–Kier alpha value is -3.17. The molecule has 4 rings (SSSR count). The van der Waals surface area contributed by atoms with Gasteiger partial charge in [0.2, 0.25) is 5.91 Å². The third-order valence-electron chi connectivity index (χ3n) is 6.61. The summed E-state index contributed by atoms with van der Waals surface area (Å²) in [5.41, 5.74) is 3.43. The molecular formula is C25H27N3O3. The Morgan fingerprint density at radius 2 is 1.81 bits per heavy atom. The number of nitrogens with zero attached hydrogens (tertiary/aromatic N) is 3. The maximum absolute atomic E-state index is 12.9. The van der Waals surface area contributed by atoms with E-state index in [2.05, 4.69) is 6.07 Å². The van der Waals surface area contributed by atoms with Crippen LogP contribution in [-0.4, -0.2) is 59.5 Å². The van der Waals surface area contributed by atoms with Crippen molar-refractivity contribution < 1.29 is 14.7 Å². The molecule has 2 aromatic rings. The number of carbonyl (C=O) groups is 2. The van der Waals surface area contributed by atoms with Crippen molar-refractivity contribution in [3.8, 4) is 17.2 Å². The number of nitriles is 1. The van der Waals surface area contributed by atoms with Gasteiger partial charge in [0.15, 0.2) is 0 Å². The Morgan fingerprint density at radius 3 is 2.35 bits per heavy atom. The first-order valence-electron chi connectivity index (χ1n) is 10.7. The molecule has 2 fully saturated rings. The second kappa shape index (κ2) is 8.52. The van der Waals surface area contributed by atoms with Gasteiger partial charge in [-0.3, -0.25) is 9.59 Å². The molecule has 0 spiro atoms. The van der Waals surface area contributed by atoms with E-state index in [0.717, 1.165) is 36.0 Å².